The van der Waals surface area contributed by atoms with Gasteiger partial charge in [0.25, 0.3) is 5.91 Å². The fourth-order valence-electron chi connectivity index (χ4n) is 2.21. The molecule has 1 atom stereocenters. The maximum atomic E-state index is 12.2. The van der Waals surface area contributed by atoms with Gasteiger partial charge in [-0.25, -0.2) is 0 Å². The molecule has 0 saturated carbocycles. The monoisotopic (exact) mass is 281 g/mol. The lowest BCUT2D eigenvalue weighted by Crippen LogP contribution is -2.53. The van der Waals surface area contributed by atoms with Crippen LogP contribution in [0.15, 0.2) is 12.4 Å². The second-order valence-electron chi connectivity index (χ2n) is 4.81. The van der Waals surface area contributed by atoms with Crippen molar-refractivity contribution in [1.82, 2.24) is 19.6 Å². The van der Waals surface area contributed by atoms with Gasteiger partial charge in [-0.3, -0.25) is 14.4 Å². The van der Waals surface area contributed by atoms with Crippen LogP contribution in [0.25, 0.3) is 0 Å². The van der Waals surface area contributed by atoms with Crippen LogP contribution < -0.4 is 5.73 Å². The van der Waals surface area contributed by atoms with E-state index in [9.17, 15) is 4.79 Å². The number of piperazine rings is 1. The van der Waals surface area contributed by atoms with Crippen molar-refractivity contribution in [3.63, 3.8) is 0 Å². The molecule has 1 unspecified atom stereocenters. The van der Waals surface area contributed by atoms with Gasteiger partial charge < -0.3 is 10.6 Å². The van der Waals surface area contributed by atoms with E-state index in [1.807, 2.05) is 11.8 Å². The maximum absolute atomic E-state index is 12.2. The molecule has 0 bridgehead atoms. The molecule has 104 valence electrons. The van der Waals surface area contributed by atoms with Gasteiger partial charge >= 0.3 is 0 Å². The average Bonchev–Trinajstić information content (AvgIpc) is 2.84. The van der Waals surface area contributed by atoms with Gasteiger partial charge in [0.2, 0.25) is 0 Å². The molecule has 1 aliphatic rings. The molecule has 1 amide bonds. The minimum atomic E-state index is 0.0377. The van der Waals surface area contributed by atoms with Crippen molar-refractivity contribution in [1.29, 1.82) is 0 Å². The largest absolute Gasteiger partial charge is 0.392 e. The number of rotatable bonds is 3. The summed E-state index contributed by atoms with van der Waals surface area (Å²) in [4.78, 5) is 16.8. The number of aromatic nitrogens is 2. The quantitative estimate of drug-likeness (QED) is 0.781. The summed E-state index contributed by atoms with van der Waals surface area (Å²) in [6, 6.07) is 0.0886. The number of thiocarbonyl (C=S) groups is 1. The van der Waals surface area contributed by atoms with Crippen LogP contribution in [-0.2, 0) is 7.05 Å². The van der Waals surface area contributed by atoms with Crippen LogP contribution in [0.1, 0.15) is 17.3 Å². The van der Waals surface area contributed by atoms with Gasteiger partial charge in [0.05, 0.1) is 22.8 Å². The predicted molar refractivity (Wildman–Crippen MR) is 76.9 cm³/mol. The van der Waals surface area contributed by atoms with Gasteiger partial charge in [-0.15, -0.1) is 0 Å². The highest BCUT2D eigenvalue weighted by Gasteiger charge is 2.26. The van der Waals surface area contributed by atoms with Gasteiger partial charge in [-0.05, 0) is 6.92 Å². The minimum Gasteiger partial charge on any atom is -0.392 e. The molecule has 1 saturated heterocycles. The van der Waals surface area contributed by atoms with Crippen LogP contribution in [-0.4, -0.2) is 62.7 Å². The highest BCUT2D eigenvalue weighted by atomic mass is 32.1. The van der Waals surface area contributed by atoms with Gasteiger partial charge in [0.15, 0.2) is 0 Å². The Morgan fingerprint density at radius 1 is 1.42 bits per heavy atom. The molecule has 2 N–H and O–H groups in total. The third-order valence-electron chi connectivity index (χ3n) is 3.51. The third-order valence-corrected chi connectivity index (χ3v) is 3.85. The summed E-state index contributed by atoms with van der Waals surface area (Å²) < 4.78 is 1.64. The van der Waals surface area contributed by atoms with Crippen LogP contribution in [0.3, 0.4) is 0 Å². The molecule has 6 nitrogen and oxygen atoms in total. The summed E-state index contributed by atoms with van der Waals surface area (Å²) in [5.74, 6) is 0.0377. The van der Waals surface area contributed by atoms with E-state index >= 15 is 0 Å². The van der Waals surface area contributed by atoms with Gasteiger partial charge in [-0.2, -0.15) is 5.10 Å². The van der Waals surface area contributed by atoms with E-state index in [2.05, 4.69) is 10.00 Å². The number of hydrogen-bond acceptors (Lipinski definition) is 4. The van der Waals surface area contributed by atoms with E-state index in [4.69, 9.17) is 18.0 Å². The van der Waals surface area contributed by atoms with Crippen molar-refractivity contribution in [2.45, 2.75) is 13.0 Å². The van der Waals surface area contributed by atoms with Gasteiger partial charge in [0, 0.05) is 39.4 Å². The molecule has 0 aromatic carbocycles. The fourth-order valence-corrected chi connectivity index (χ4v) is 2.36. The van der Waals surface area contributed by atoms with Crippen LogP contribution >= 0.6 is 12.2 Å². The van der Waals surface area contributed by atoms with Crippen molar-refractivity contribution in [3.05, 3.63) is 18.0 Å². The number of carbonyl (C=O) groups is 1. The van der Waals surface area contributed by atoms with Crippen LogP contribution in [0, 0.1) is 0 Å². The number of aryl methyl sites for hydroxylation is 1. The van der Waals surface area contributed by atoms with Crippen LogP contribution in [0.2, 0.25) is 0 Å². The first-order chi connectivity index (χ1) is 8.99. The minimum absolute atomic E-state index is 0.0377. The molecule has 19 heavy (non-hydrogen) atoms. The molecule has 7 heteroatoms. The highest BCUT2D eigenvalue weighted by molar-refractivity contribution is 7.80. The second kappa shape index (κ2) is 5.66. The van der Waals surface area contributed by atoms with Gasteiger partial charge in [0.1, 0.15) is 0 Å². The molecule has 0 aliphatic carbocycles. The Morgan fingerprint density at radius 3 is 2.53 bits per heavy atom. The molecular formula is C12H19N5OS. The first-order valence-corrected chi connectivity index (χ1v) is 6.71. The zero-order chi connectivity index (χ0) is 14.0. The number of amides is 1. The first-order valence-electron chi connectivity index (χ1n) is 6.30. The standard InChI is InChI=1S/C12H19N5OS/c1-9(11(13)19)16-3-5-17(6-4-16)12(18)10-7-14-15(2)8-10/h7-9H,3-6H2,1-2H3,(H2,13,19). The SMILES string of the molecule is CC(C(N)=S)N1CCN(C(=O)c2cnn(C)c2)CC1. The fraction of sp³-hybridized carbons (Fsp3) is 0.583. The molecule has 0 radical (unpaired) electrons. The zero-order valence-corrected chi connectivity index (χ0v) is 12.1. The average molecular weight is 281 g/mol. The van der Waals surface area contributed by atoms with Crippen LogP contribution in [0.5, 0.6) is 0 Å². The van der Waals surface area contributed by atoms with Crippen molar-refractivity contribution >= 4 is 23.1 Å². The van der Waals surface area contributed by atoms with E-state index < -0.39 is 0 Å². The number of hydrogen-bond donors (Lipinski definition) is 1. The molecule has 2 heterocycles. The Hall–Kier alpha value is -1.47. The molecule has 0 spiro atoms. The maximum Gasteiger partial charge on any atom is 0.257 e. The van der Waals surface area contributed by atoms with Crippen molar-refractivity contribution < 1.29 is 4.79 Å². The summed E-state index contributed by atoms with van der Waals surface area (Å²) in [5.41, 5.74) is 6.29. The summed E-state index contributed by atoms with van der Waals surface area (Å²) in [7, 11) is 1.80. The molecule has 2 rings (SSSR count). The Kier molecular flexibility index (Phi) is 4.16. The third kappa shape index (κ3) is 3.10. The number of carbonyl (C=O) groups excluding carboxylic acids is 1. The Bertz CT molecular complexity index is 478. The molecule has 1 aromatic heterocycles. The lowest BCUT2D eigenvalue weighted by atomic mass is 10.2. The van der Waals surface area contributed by atoms with E-state index in [1.165, 1.54) is 0 Å². The second-order valence-corrected chi connectivity index (χ2v) is 5.28. The summed E-state index contributed by atoms with van der Waals surface area (Å²) in [5, 5.41) is 4.02. The Morgan fingerprint density at radius 2 is 2.05 bits per heavy atom. The molecule has 1 aromatic rings. The normalized spacial score (nSPS) is 18.3. The Labute approximate surface area is 118 Å². The zero-order valence-electron chi connectivity index (χ0n) is 11.2. The molecular weight excluding hydrogens is 262 g/mol. The summed E-state index contributed by atoms with van der Waals surface area (Å²) in [6.07, 6.45) is 3.35. The molecule has 1 fully saturated rings. The summed E-state index contributed by atoms with van der Waals surface area (Å²) >= 11 is 5.00. The lowest BCUT2D eigenvalue weighted by Gasteiger charge is -2.37. The van der Waals surface area contributed by atoms with E-state index in [-0.39, 0.29) is 11.9 Å². The Balaban J connectivity index is 1.93. The summed E-state index contributed by atoms with van der Waals surface area (Å²) in [6.45, 7) is 4.98. The van der Waals surface area contributed by atoms with Gasteiger partial charge in [-0.1, -0.05) is 12.2 Å². The van der Waals surface area contributed by atoms with Crippen molar-refractivity contribution in [3.8, 4) is 0 Å². The topological polar surface area (TPSA) is 67.4 Å². The van der Waals surface area contributed by atoms with E-state index in [0.717, 1.165) is 13.1 Å². The van der Waals surface area contributed by atoms with Crippen molar-refractivity contribution in [2.75, 3.05) is 26.2 Å². The number of nitrogens with two attached hydrogens (primary N) is 1. The molecule has 1 aliphatic heterocycles. The predicted octanol–water partition coefficient (Wildman–Crippen LogP) is -0.147. The van der Waals surface area contributed by atoms with E-state index in [1.54, 1.807) is 24.1 Å². The van der Waals surface area contributed by atoms with Crippen molar-refractivity contribution in [2.24, 2.45) is 12.8 Å². The smallest absolute Gasteiger partial charge is 0.257 e. The highest BCUT2D eigenvalue weighted by Crippen LogP contribution is 2.10. The number of nitrogens with zero attached hydrogens (tertiary/aromatic N) is 4. The lowest BCUT2D eigenvalue weighted by molar-refractivity contribution is 0.0621. The van der Waals surface area contributed by atoms with Crippen LogP contribution in [0.4, 0.5) is 0 Å². The van der Waals surface area contributed by atoms with E-state index in [0.29, 0.717) is 23.6 Å². The first kappa shape index (κ1) is 14.0.